The van der Waals surface area contributed by atoms with Gasteiger partial charge < -0.3 is 0 Å². The number of hydrogen-bond acceptors (Lipinski definition) is 0. The highest BCUT2D eigenvalue weighted by molar-refractivity contribution is 5.57. The first-order valence-corrected chi connectivity index (χ1v) is 4.57. The van der Waals surface area contributed by atoms with Gasteiger partial charge in [0.1, 0.15) is 12.8 Å². The van der Waals surface area contributed by atoms with Crippen LogP contribution in [0.1, 0.15) is 27.2 Å². The molecular formula is C10H18N+. The summed E-state index contributed by atoms with van der Waals surface area (Å²) in [6.07, 6.45) is 8.10. The van der Waals surface area contributed by atoms with E-state index < -0.39 is 0 Å². The summed E-state index contributed by atoms with van der Waals surface area (Å²) in [6, 6.07) is 0. The SMILES string of the molecule is CCC1C=[N+](CC)C=CC1C. The predicted molar refractivity (Wildman–Crippen MR) is 49.0 cm³/mol. The number of nitrogens with zero attached hydrogens (tertiary/aromatic N) is 1. The van der Waals surface area contributed by atoms with Crippen LogP contribution in [-0.2, 0) is 0 Å². The summed E-state index contributed by atoms with van der Waals surface area (Å²) >= 11 is 0. The molecule has 0 spiro atoms. The average Bonchev–Trinajstić information content (AvgIpc) is 2.05. The van der Waals surface area contributed by atoms with Crippen molar-refractivity contribution in [2.24, 2.45) is 11.8 Å². The molecule has 0 bridgehead atoms. The Bertz CT molecular complexity index is 179. The minimum absolute atomic E-state index is 0.725. The fourth-order valence-electron chi connectivity index (χ4n) is 1.51. The molecule has 0 N–H and O–H groups in total. The van der Waals surface area contributed by atoms with Gasteiger partial charge in [0.25, 0.3) is 0 Å². The number of allylic oxidation sites excluding steroid dienone is 1. The monoisotopic (exact) mass is 152 g/mol. The molecule has 0 aliphatic carbocycles. The smallest absolute Gasteiger partial charge is 0.164 e. The lowest BCUT2D eigenvalue weighted by molar-refractivity contribution is -0.453. The van der Waals surface area contributed by atoms with Crippen LogP contribution < -0.4 is 0 Å². The van der Waals surface area contributed by atoms with E-state index in [1.165, 1.54) is 6.42 Å². The van der Waals surface area contributed by atoms with Crippen molar-refractivity contribution < 1.29 is 4.58 Å². The van der Waals surface area contributed by atoms with Crippen molar-refractivity contribution in [3.63, 3.8) is 0 Å². The van der Waals surface area contributed by atoms with Crippen molar-refractivity contribution in [1.82, 2.24) is 0 Å². The van der Waals surface area contributed by atoms with Crippen molar-refractivity contribution in [2.75, 3.05) is 6.54 Å². The van der Waals surface area contributed by atoms with E-state index in [1.54, 1.807) is 0 Å². The third kappa shape index (κ3) is 1.92. The van der Waals surface area contributed by atoms with E-state index in [0.29, 0.717) is 0 Å². The zero-order valence-corrected chi connectivity index (χ0v) is 7.75. The second-order valence-corrected chi connectivity index (χ2v) is 3.25. The summed E-state index contributed by atoms with van der Waals surface area (Å²) in [6.45, 7) is 7.82. The highest BCUT2D eigenvalue weighted by Gasteiger charge is 2.18. The molecule has 1 heterocycles. The van der Waals surface area contributed by atoms with Crippen LogP contribution in [0.15, 0.2) is 12.3 Å². The third-order valence-electron chi connectivity index (χ3n) is 2.48. The van der Waals surface area contributed by atoms with Gasteiger partial charge in [-0.1, -0.05) is 13.8 Å². The summed E-state index contributed by atoms with van der Waals surface area (Å²) in [5.41, 5.74) is 0. The quantitative estimate of drug-likeness (QED) is 0.534. The van der Waals surface area contributed by atoms with Crippen LogP contribution in [0, 0.1) is 11.8 Å². The Morgan fingerprint density at radius 1 is 1.36 bits per heavy atom. The van der Waals surface area contributed by atoms with Crippen LogP contribution in [0.25, 0.3) is 0 Å². The molecule has 1 aliphatic heterocycles. The summed E-state index contributed by atoms with van der Waals surface area (Å²) in [5.74, 6) is 1.47. The van der Waals surface area contributed by atoms with E-state index in [4.69, 9.17) is 0 Å². The number of rotatable bonds is 2. The lowest BCUT2D eigenvalue weighted by Crippen LogP contribution is -2.21. The fraction of sp³-hybridized carbons (Fsp3) is 0.700. The van der Waals surface area contributed by atoms with Gasteiger partial charge in [-0.15, -0.1) is 0 Å². The lowest BCUT2D eigenvalue weighted by atomic mass is 9.91. The Morgan fingerprint density at radius 3 is 2.64 bits per heavy atom. The molecule has 0 aromatic rings. The van der Waals surface area contributed by atoms with E-state index in [1.807, 2.05) is 0 Å². The summed E-state index contributed by atoms with van der Waals surface area (Å²) in [5, 5.41) is 0. The normalized spacial score (nSPS) is 30.3. The second-order valence-electron chi connectivity index (χ2n) is 3.25. The third-order valence-corrected chi connectivity index (χ3v) is 2.48. The van der Waals surface area contributed by atoms with Gasteiger partial charge in [0.05, 0.1) is 0 Å². The standard InChI is InChI=1S/C10H18N/c1-4-10-8-11(5-2)7-6-9(10)3/h6-10H,4-5H2,1-3H3/q+1. The van der Waals surface area contributed by atoms with Gasteiger partial charge in [0, 0.05) is 5.92 Å². The Balaban J connectivity index is 2.67. The van der Waals surface area contributed by atoms with E-state index in [9.17, 15) is 0 Å². The van der Waals surface area contributed by atoms with E-state index in [-0.39, 0.29) is 0 Å². The van der Waals surface area contributed by atoms with Gasteiger partial charge >= 0.3 is 0 Å². The Morgan fingerprint density at radius 2 is 2.09 bits per heavy atom. The van der Waals surface area contributed by atoms with Gasteiger partial charge in [-0.3, -0.25) is 0 Å². The molecular weight excluding hydrogens is 134 g/mol. The molecule has 0 saturated carbocycles. The zero-order valence-electron chi connectivity index (χ0n) is 7.75. The van der Waals surface area contributed by atoms with Crippen molar-refractivity contribution in [3.8, 4) is 0 Å². The predicted octanol–water partition coefficient (Wildman–Crippen LogP) is 2.28. The molecule has 1 heteroatoms. The van der Waals surface area contributed by atoms with Gasteiger partial charge in [0.15, 0.2) is 6.20 Å². The summed E-state index contributed by atoms with van der Waals surface area (Å²) in [4.78, 5) is 0. The first-order chi connectivity index (χ1) is 5.27. The maximum Gasteiger partial charge on any atom is 0.164 e. The van der Waals surface area contributed by atoms with Gasteiger partial charge in [-0.25, -0.2) is 4.58 Å². The maximum atomic E-state index is 2.35. The molecule has 1 rings (SSSR count). The van der Waals surface area contributed by atoms with Gasteiger partial charge in [0.2, 0.25) is 0 Å². The molecule has 0 saturated heterocycles. The molecule has 0 fully saturated rings. The lowest BCUT2D eigenvalue weighted by Gasteiger charge is -2.16. The van der Waals surface area contributed by atoms with Crippen molar-refractivity contribution >= 4 is 6.21 Å². The van der Waals surface area contributed by atoms with Crippen molar-refractivity contribution in [1.29, 1.82) is 0 Å². The molecule has 0 aromatic carbocycles. The topological polar surface area (TPSA) is 3.01 Å². The molecule has 0 aromatic heterocycles. The Hall–Kier alpha value is -0.590. The van der Waals surface area contributed by atoms with Crippen LogP contribution in [0.5, 0.6) is 0 Å². The molecule has 0 radical (unpaired) electrons. The average molecular weight is 152 g/mol. The first kappa shape index (κ1) is 8.51. The molecule has 0 amide bonds. The second kappa shape index (κ2) is 3.70. The summed E-state index contributed by atoms with van der Waals surface area (Å²) < 4.78 is 2.27. The highest BCUT2D eigenvalue weighted by atomic mass is 15.0. The van der Waals surface area contributed by atoms with Crippen LogP contribution in [-0.4, -0.2) is 17.3 Å². The highest BCUT2D eigenvalue weighted by Crippen LogP contribution is 2.17. The molecule has 1 aliphatic rings. The Kier molecular flexibility index (Phi) is 2.86. The fourth-order valence-corrected chi connectivity index (χ4v) is 1.51. The number of hydrogen-bond donors (Lipinski definition) is 0. The van der Waals surface area contributed by atoms with Crippen LogP contribution in [0.4, 0.5) is 0 Å². The largest absolute Gasteiger partial charge is 0.209 e. The van der Waals surface area contributed by atoms with Gasteiger partial charge in [-0.2, -0.15) is 0 Å². The molecule has 2 atom stereocenters. The maximum absolute atomic E-state index is 2.35. The van der Waals surface area contributed by atoms with Crippen molar-refractivity contribution in [2.45, 2.75) is 27.2 Å². The van der Waals surface area contributed by atoms with E-state index >= 15 is 0 Å². The van der Waals surface area contributed by atoms with Gasteiger partial charge in [-0.05, 0) is 25.3 Å². The zero-order chi connectivity index (χ0) is 8.27. The van der Waals surface area contributed by atoms with Crippen LogP contribution in [0.3, 0.4) is 0 Å². The van der Waals surface area contributed by atoms with Crippen LogP contribution >= 0.6 is 0 Å². The van der Waals surface area contributed by atoms with Crippen molar-refractivity contribution in [3.05, 3.63) is 12.3 Å². The Labute approximate surface area is 69.4 Å². The van der Waals surface area contributed by atoms with E-state index in [0.717, 1.165) is 18.4 Å². The minimum Gasteiger partial charge on any atom is -0.209 e. The first-order valence-electron chi connectivity index (χ1n) is 4.57. The molecule has 1 nitrogen and oxygen atoms in total. The molecule has 62 valence electrons. The minimum atomic E-state index is 0.725. The summed E-state index contributed by atoms with van der Waals surface area (Å²) in [7, 11) is 0. The molecule has 11 heavy (non-hydrogen) atoms. The van der Waals surface area contributed by atoms with Crippen LogP contribution in [0.2, 0.25) is 0 Å². The van der Waals surface area contributed by atoms with E-state index in [2.05, 4.69) is 43.8 Å². The molecule has 2 unspecified atom stereocenters.